The number of carboxylic acid groups (broad SMARTS) is 1. The van der Waals surface area contributed by atoms with Crippen molar-refractivity contribution in [2.75, 3.05) is 6.54 Å². The Morgan fingerprint density at radius 1 is 1.40 bits per heavy atom. The number of nitrogens with one attached hydrogen (secondary N) is 1. The summed E-state index contributed by atoms with van der Waals surface area (Å²) in [6.07, 6.45) is 2.33. The van der Waals surface area contributed by atoms with Crippen molar-refractivity contribution in [3.63, 3.8) is 0 Å². The van der Waals surface area contributed by atoms with Crippen LogP contribution in [0.25, 0.3) is 0 Å². The monoisotopic (exact) mass is 281 g/mol. The van der Waals surface area contributed by atoms with Crippen LogP contribution >= 0.6 is 0 Å². The van der Waals surface area contributed by atoms with E-state index in [-0.39, 0.29) is 13.1 Å². The molecule has 1 aliphatic rings. The first-order chi connectivity index (χ1) is 9.35. The Morgan fingerprint density at radius 3 is 2.60 bits per heavy atom. The van der Waals surface area contributed by atoms with Gasteiger partial charge in [-0.3, -0.25) is 23.5 Å². The minimum atomic E-state index is -0.919. The Bertz CT molecular complexity index is 668. The zero-order valence-electron chi connectivity index (χ0n) is 11.0. The number of nitrogens with zero attached hydrogens (tertiary/aromatic N) is 2. The van der Waals surface area contributed by atoms with E-state index >= 15 is 0 Å². The second-order valence-corrected chi connectivity index (χ2v) is 4.99. The highest BCUT2D eigenvalue weighted by Gasteiger charge is 2.50. The van der Waals surface area contributed by atoms with Crippen LogP contribution in [0, 0.1) is 5.41 Å². The van der Waals surface area contributed by atoms with Gasteiger partial charge in [-0.15, -0.1) is 0 Å². The summed E-state index contributed by atoms with van der Waals surface area (Å²) in [5.74, 6) is -1.38. The number of aromatic nitrogens is 2. The summed E-state index contributed by atoms with van der Waals surface area (Å²) in [4.78, 5) is 45.6. The molecule has 0 aliphatic heterocycles. The highest BCUT2D eigenvalue weighted by Crippen LogP contribution is 2.45. The van der Waals surface area contributed by atoms with Gasteiger partial charge in [0.25, 0.3) is 5.56 Å². The van der Waals surface area contributed by atoms with Crippen molar-refractivity contribution in [2.24, 2.45) is 12.5 Å². The fraction of sp³-hybridized carbons (Fsp3) is 0.500. The van der Waals surface area contributed by atoms with Gasteiger partial charge < -0.3 is 10.4 Å². The molecule has 0 bridgehead atoms. The zero-order valence-corrected chi connectivity index (χ0v) is 11.0. The molecule has 1 saturated carbocycles. The molecule has 8 heteroatoms. The van der Waals surface area contributed by atoms with Gasteiger partial charge in [0.1, 0.15) is 6.54 Å². The summed E-state index contributed by atoms with van der Waals surface area (Å²) in [5.41, 5.74) is -1.88. The number of carboxylic acids is 1. The van der Waals surface area contributed by atoms with Crippen LogP contribution in [0.3, 0.4) is 0 Å². The van der Waals surface area contributed by atoms with E-state index in [0.29, 0.717) is 12.8 Å². The van der Waals surface area contributed by atoms with Crippen LogP contribution < -0.4 is 16.6 Å². The second kappa shape index (κ2) is 4.95. The molecule has 1 amide bonds. The van der Waals surface area contributed by atoms with Crippen LogP contribution in [-0.4, -0.2) is 32.7 Å². The summed E-state index contributed by atoms with van der Waals surface area (Å²) >= 11 is 0. The van der Waals surface area contributed by atoms with Crippen molar-refractivity contribution in [1.82, 2.24) is 14.5 Å². The molecular weight excluding hydrogens is 266 g/mol. The summed E-state index contributed by atoms with van der Waals surface area (Å²) in [5, 5.41) is 11.5. The molecule has 0 unspecified atom stereocenters. The predicted octanol–water partition coefficient (Wildman–Crippen LogP) is -1.47. The van der Waals surface area contributed by atoms with E-state index in [0.717, 1.165) is 9.13 Å². The molecule has 0 atom stereocenters. The SMILES string of the molecule is Cn1c(=O)ccn(CC(=O)NCC2(C(=O)O)CC2)c1=O. The van der Waals surface area contributed by atoms with E-state index in [1.165, 1.54) is 19.3 Å². The molecule has 1 heterocycles. The third kappa shape index (κ3) is 2.63. The fourth-order valence-electron chi connectivity index (χ4n) is 1.83. The van der Waals surface area contributed by atoms with E-state index in [9.17, 15) is 19.2 Å². The molecule has 1 aliphatic carbocycles. The number of hydrogen-bond acceptors (Lipinski definition) is 4. The molecule has 0 radical (unpaired) electrons. The van der Waals surface area contributed by atoms with Crippen LogP contribution in [0.5, 0.6) is 0 Å². The molecular formula is C12H15N3O5. The Balaban J connectivity index is 1.99. The van der Waals surface area contributed by atoms with Crippen LogP contribution in [0.4, 0.5) is 0 Å². The Kier molecular flexibility index (Phi) is 3.47. The van der Waals surface area contributed by atoms with Gasteiger partial charge in [0.2, 0.25) is 5.91 Å². The molecule has 8 nitrogen and oxygen atoms in total. The maximum atomic E-state index is 11.7. The predicted molar refractivity (Wildman–Crippen MR) is 68.3 cm³/mol. The van der Waals surface area contributed by atoms with E-state index in [1.807, 2.05) is 0 Å². The quantitative estimate of drug-likeness (QED) is 0.684. The number of amides is 1. The van der Waals surface area contributed by atoms with Crippen LogP contribution in [0.1, 0.15) is 12.8 Å². The van der Waals surface area contributed by atoms with Crippen molar-refractivity contribution in [1.29, 1.82) is 0 Å². The summed E-state index contributed by atoms with van der Waals surface area (Å²) in [6, 6.07) is 1.19. The first-order valence-electron chi connectivity index (χ1n) is 6.12. The number of rotatable bonds is 5. The number of carbonyl (C=O) groups excluding carboxylic acids is 1. The lowest BCUT2D eigenvalue weighted by Gasteiger charge is -2.12. The molecule has 0 aromatic carbocycles. The lowest BCUT2D eigenvalue weighted by molar-refractivity contribution is -0.143. The Morgan fingerprint density at radius 2 is 2.05 bits per heavy atom. The first kappa shape index (κ1) is 14.0. The van der Waals surface area contributed by atoms with Gasteiger partial charge in [-0.05, 0) is 12.8 Å². The third-order valence-corrected chi connectivity index (χ3v) is 3.51. The normalized spacial score (nSPS) is 15.7. The van der Waals surface area contributed by atoms with Crippen LogP contribution in [0.15, 0.2) is 21.9 Å². The molecule has 0 saturated heterocycles. The maximum absolute atomic E-state index is 11.7. The van der Waals surface area contributed by atoms with E-state index < -0.39 is 28.5 Å². The van der Waals surface area contributed by atoms with E-state index in [2.05, 4.69) is 5.32 Å². The van der Waals surface area contributed by atoms with E-state index in [4.69, 9.17) is 5.11 Å². The first-order valence-corrected chi connectivity index (χ1v) is 6.12. The molecule has 2 rings (SSSR count). The average molecular weight is 281 g/mol. The molecule has 1 fully saturated rings. The molecule has 1 aromatic rings. The highest BCUT2D eigenvalue weighted by atomic mass is 16.4. The second-order valence-electron chi connectivity index (χ2n) is 4.99. The van der Waals surface area contributed by atoms with Gasteiger partial charge in [0.15, 0.2) is 0 Å². The lowest BCUT2D eigenvalue weighted by atomic mass is 10.1. The Hall–Kier alpha value is -2.38. The molecule has 2 N–H and O–H groups in total. The largest absolute Gasteiger partial charge is 0.481 e. The fourth-order valence-corrected chi connectivity index (χ4v) is 1.83. The van der Waals surface area contributed by atoms with E-state index in [1.54, 1.807) is 0 Å². The third-order valence-electron chi connectivity index (χ3n) is 3.51. The lowest BCUT2D eigenvalue weighted by Crippen LogP contribution is -2.41. The van der Waals surface area contributed by atoms with Crippen molar-refractivity contribution in [3.8, 4) is 0 Å². The average Bonchev–Trinajstić information content (AvgIpc) is 3.18. The van der Waals surface area contributed by atoms with Gasteiger partial charge in [-0.25, -0.2) is 4.79 Å². The molecule has 0 spiro atoms. The molecule has 20 heavy (non-hydrogen) atoms. The minimum absolute atomic E-state index is 0.0572. The summed E-state index contributed by atoms with van der Waals surface area (Å²) in [7, 11) is 1.32. The van der Waals surface area contributed by atoms with Crippen molar-refractivity contribution >= 4 is 11.9 Å². The van der Waals surface area contributed by atoms with Crippen molar-refractivity contribution in [3.05, 3.63) is 33.1 Å². The number of carbonyl (C=O) groups is 2. The Labute approximate surface area is 113 Å². The smallest absolute Gasteiger partial charge is 0.331 e. The van der Waals surface area contributed by atoms with Gasteiger partial charge in [-0.1, -0.05) is 0 Å². The maximum Gasteiger partial charge on any atom is 0.331 e. The molecule has 108 valence electrons. The standard InChI is InChI=1S/C12H15N3O5/c1-14-9(17)2-5-15(11(14)20)6-8(16)13-7-12(3-4-12)10(18)19/h2,5H,3-4,6-7H2,1H3,(H,13,16)(H,18,19). The number of hydrogen-bond donors (Lipinski definition) is 2. The van der Waals surface area contributed by atoms with Gasteiger partial charge in [0, 0.05) is 25.9 Å². The van der Waals surface area contributed by atoms with Crippen molar-refractivity contribution in [2.45, 2.75) is 19.4 Å². The van der Waals surface area contributed by atoms with Gasteiger partial charge in [0.05, 0.1) is 5.41 Å². The van der Waals surface area contributed by atoms with Gasteiger partial charge in [-0.2, -0.15) is 0 Å². The molecule has 1 aromatic heterocycles. The van der Waals surface area contributed by atoms with Crippen LogP contribution in [0.2, 0.25) is 0 Å². The highest BCUT2D eigenvalue weighted by molar-refractivity contribution is 5.80. The van der Waals surface area contributed by atoms with Crippen LogP contribution in [-0.2, 0) is 23.2 Å². The number of aliphatic carboxylic acids is 1. The summed E-state index contributed by atoms with van der Waals surface area (Å²) in [6.45, 7) is -0.190. The summed E-state index contributed by atoms with van der Waals surface area (Å²) < 4.78 is 1.99. The minimum Gasteiger partial charge on any atom is -0.481 e. The van der Waals surface area contributed by atoms with Crippen molar-refractivity contribution < 1.29 is 14.7 Å². The van der Waals surface area contributed by atoms with Gasteiger partial charge >= 0.3 is 11.7 Å². The topological polar surface area (TPSA) is 110 Å². The zero-order chi connectivity index (χ0) is 14.9.